The van der Waals surface area contributed by atoms with Gasteiger partial charge < -0.3 is 10.3 Å². The molecule has 0 spiro atoms. The van der Waals surface area contributed by atoms with E-state index in [9.17, 15) is 10.1 Å². The van der Waals surface area contributed by atoms with Gasteiger partial charge in [-0.1, -0.05) is 18.1 Å². The van der Waals surface area contributed by atoms with Crippen LogP contribution in [-0.4, -0.2) is 21.6 Å². The first kappa shape index (κ1) is 13.2. The largest absolute Gasteiger partial charge is 0.334 e. The summed E-state index contributed by atoms with van der Waals surface area (Å²) in [4.78, 5) is 14.6. The van der Waals surface area contributed by atoms with Crippen molar-refractivity contribution < 1.29 is 9.45 Å². The molecular weight excluding hydrogens is 248 g/mol. The summed E-state index contributed by atoms with van der Waals surface area (Å²) in [6.07, 6.45) is 0. The van der Waals surface area contributed by atoms with Crippen molar-refractivity contribution in [3.63, 3.8) is 0 Å². The predicted molar refractivity (Wildman–Crippen MR) is 68.6 cm³/mol. The average molecular weight is 262 g/mol. The minimum absolute atomic E-state index is 0.00720. The first-order valence-electron chi connectivity index (χ1n) is 5.82. The SMILES string of the molecule is Cc1ccc([N+](=O)[O-])cc1-c1nc(C(C)CN)no1. The monoisotopic (exact) mass is 262 g/mol. The Bertz CT molecular complexity index is 609. The molecule has 0 aliphatic heterocycles. The van der Waals surface area contributed by atoms with E-state index in [0.29, 0.717) is 17.9 Å². The first-order chi connectivity index (χ1) is 9.02. The summed E-state index contributed by atoms with van der Waals surface area (Å²) in [5.74, 6) is 0.761. The lowest BCUT2D eigenvalue weighted by molar-refractivity contribution is -0.384. The number of rotatable bonds is 4. The fraction of sp³-hybridized carbons (Fsp3) is 0.333. The predicted octanol–water partition coefficient (Wildman–Crippen LogP) is 2.02. The van der Waals surface area contributed by atoms with Gasteiger partial charge in [0.1, 0.15) is 0 Å². The van der Waals surface area contributed by atoms with Gasteiger partial charge in [0.25, 0.3) is 11.6 Å². The molecule has 2 rings (SSSR count). The molecule has 1 aromatic heterocycles. The Morgan fingerprint density at radius 3 is 2.89 bits per heavy atom. The molecule has 1 atom stereocenters. The topological polar surface area (TPSA) is 108 Å². The van der Waals surface area contributed by atoms with Crippen LogP contribution in [0, 0.1) is 17.0 Å². The molecule has 19 heavy (non-hydrogen) atoms. The summed E-state index contributed by atoms with van der Waals surface area (Å²) in [6.45, 7) is 4.12. The second-order valence-corrected chi connectivity index (χ2v) is 4.35. The van der Waals surface area contributed by atoms with Crippen LogP contribution in [0.15, 0.2) is 22.7 Å². The van der Waals surface area contributed by atoms with Crippen LogP contribution in [-0.2, 0) is 0 Å². The van der Waals surface area contributed by atoms with E-state index in [-0.39, 0.29) is 17.5 Å². The number of hydrogen-bond acceptors (Lipinski definition) is 6. The maximum atomic E-state index is 10.8. The van der Waals surface area contributed by atoms with Gasteiger partial charge in [0.05, 0.1) is 4.92 Å². The van der Waals surface area contributed by atoms with E-state index in [1.165, 1.54) is 12.1 Å². The van der Waals surface area contributed by atoms with Gasteiger partial charge in [0, 0.05) is 30.2 Å². The summed E-state index contributed by atoms with van der Waals surface area (Å²) in [5, 5.41) is 14.6. The van der Waals surface area contributed by atoms with Crippen molar-refractivity contribution in [3.05, 3.63) is 39.7 Å². The maximum absolute atomic E-state index is 10.8. The molecule has 1 unspecified atom stereocenters. The zero-order chi connectivity index (χ0) is 14.0. The normalized spacial score (nSPS) is 12.4. The molecule has 1 aromatic carbocycles. The smallest absolute Gasteiger partial charge is 0.270 e. The fourth-order valence-corrected chi connectivity index (χ4v) is 1.60. The number of non-ortho nitro benzene ring substituents is 1. The lowest BCUT2D eigenvalue weighted by Crippen LogP contribution is -2.10. The van der Waals surface area contributed by atoms with Crippen molar-refractivity contribution in [2.45, 2.75) is 19.8 Å². The number of nitrogens with zero attached hydrogens (tertiary/aromatic N) is 3. The van der Waals surface area contributed by atoms with Crippen molar-refractivity contribution >= 4 is 5.69 Å². The van der Waals surface area contributed by atoms with E-state index in [2.05, 4.69) is 10.1 Å². The molecule has 0 bridgehead atoms. The van der Waals surface area contributed by atoms with Crippen LogP contribution >= 0.6 is 0 Å². The van der Waals surface area contributed by atoms with Gasteiger partial charge in [-0.2, -0.15) is 4.98 Å². The third-order valence-corrected chi connectivity index (χ3v) is 2.90. The highest BCUT2D eigenvalue weighted by Gasteiger charge is 2.17. The van der Waals surface area contributed by atoms with Gasteiger partial charge in [-0.3, -0.25) is 10.1 Å². The summed E-state index contributed by atoms with van der Waals surface area (Å²) >= 11 is 0. The molecule has 0 amide bonds. The molecule has 2 N–H and O–H groups in total. The second kappa shape index (κ2) is 5.15. The van der Waals surface area contributed by atoms with Crippen LogP contribution in [0.1, 0.15) is 24.2 Å². The maximum Gasteiger partial charge on any atom is 0.270 e. The number of hydrogen-bond donors (Lipinski definition) is 1. The summed E-state index contributed by atoms with van der Waals surface area (Å²) in [7, 11) is 0. The molecule has 0 radical (unpaired) electrons. The van der Waals surface area contributed by atoms with E-state index in [4.69, 9.17) is 10.3 Å². The summed E-state index contributed by atoms with van der Waals surface area (Å²) < 4.78 is 5.15. The molecule has 0 aliphatic carbocycles. The molecule has 1 heterocycles. The van der Waals surface area contributed by atoms with Crippen LogP contribution in [0.25, 0.3) is 11.5 Å². The summed E-state index contributed by atoms with van der Waals surface area (Å²) in [5.41, 5.74) is 6.93. The number of aromatic nitrogens is 2. The number of nitro benzene ring substituents is 1. The van der Waals surface area contributed by atoms with Crippen molar-refractivity contribution in [2.24, 2.45) is 5.73 Å². The zero-order valence-corrected chi connectivity index (χ0v) is 10.7. The third-order valence-electron chi connectivity index (χ3n) is 2.90. The Kier molecular flexibility index (Phi) is 3.57. The molecule has 0 fully saturated rings. The van der Waals surface area contributed by atoms with Crippen molar-refractivity contribution in [3.8, 4) is 11.5 Å². The van der Waals surface area contributed by atoms with Crippen LogP contribution in [0.2, 0.25) is 0 Å². The molecule has 100 valence electrons. The standard InChI is InChI=1S/C12H14N4O3/c1-7-3-4-9(16(17)18)5-10(7)12-14-11(15-19-12)8(2)6-13/h3-5,8H,6,13H2,1-2H3. The highest BCUT2D eigenvalue weighted by molar-refractivity contribution is 5.62. The Morgan fingerprint density at radius 2 is 2.26 bits per heavy atom. The minimum atomic E-state index is -0.456. The number of aryl methyl sites for hydroxylation is 1. The van der Waals surface area contributed by atoms with Crippen LogP contribution in [0.4, 0.5) is 5.69 Å². The Morgan fingerprint density at radius 1 is 1.53 bits per heavy atom. The van der Waals surface area contributed by atoms with Gasteiger partial charge in [-0.15, -0.1) is 0 Å². The van der Waals surface area contributed by atoms with E-state index in [1.807, 2.05) is 13.8 Å². The molecule has 0 saturated carbocycles. The average Bonchev–Trinajstić information content (AvgIpc) is 2.87. The van der Waals surface area contributed by atoms with Gasteiger partial charge >= 0.3 is 0 Å². The van der Waals surface area contributed by atoms with E-state index < -0.39 is 4.92 Å². The van der Waals surface area contributed by atoms with E-state index in [1.54, 1.807) is 6.07 Å². The molecule has 2 aromatic rings. The zero-order valence-electron chi connectivity index (χ0n) is 10.7. The van der Waals surface area contributed by atoms with Gasteiger partial charge in [0.2, 0.25) is 0 Å². The summed E-state index contributed by atoms with van der Waals surface area (Å²) in [6, 6.07) is 4.53. The number of nitrogens with two attached hydrogens (primary N) is 1. The second-order valence-electron chi connectivity index (χ2n) is 4.35. The van der Waals surface area contributed by atoms with E-state index in [0.717, 1.165) is 5.56 Å². The minimum Gasteiger partial charge on any atom is -0.334 e. The lowest BCUT2D eigenvalue weighted by Gasteiger charge is -2.01. The van der Waals surface area contributed by atoms with E-state index >= 15 is 0 Å². The molecule has 0 saturated heterocycles. The van der Waals surface area contributed by atoms with Crippen molar-refractivity contribution in [2.75, 3.05) is 6.54 Å². The lowest BCUT2D eigenvalue weighted by atomic mass is 10.1. The first-order valence-corrected chi connectivity index (χ1v) is 5.82. The van der Waals surface area contributed by atoms with Crippen molar-refractivity contribution in [1.82, 2.24) is 10.1 Å². The highest BCUT2D eigenvalue weighted by Crippen LogP contribution is 2.27. The van der Waals surface area contributed by atoms with Crippen LogP contribution in [0.3, 0.4) is 0 Å². The Balaban J connectivity index is 2.43. The number of benzene rings is 1. The number of nitro groups is 1. The van der Waals surface area contributed by atoms with Crippen LogP contribution < -0.4 is 5.73 Å². The highest BCUT2D eigenvalue weighted by atomic mass is 16.6. The van der Waals surface area contributed by atoms with Crippen molar-refractivity contribution in [1.29, 1.82) is 0 Å². The molecule has 7 nitrogen and oxygen atoms in total. The van der Waals surface area contributed by atoms with Gasteiger partial charge in [-0.25, -0.2) is 0 Å². The van der Waals surface area contributed by atoms with Crippen LogP contribution in [0.5, 0.6) is 0 Å². The Labute approximate surface area is 109 Å². The molecular formula is C12H14N4O3. The molecule has 7 heteroatoms. The molecule has 0 aliphatic rings. The quantitative estimate of drug-likeness (QED) is 0.667. The van der Waals surface area contributed by atoms with Gasteiger partial charge in [0.15, 0.2) is 5.82 Å². The third kappa shape index (κ3) is 2.60. The fourth-order valence-electron chi connectivity index (χ4n) is 1.60. The van der Waals surface area contributed by atoms with Gasteiger partial charge in [-0.05, 0) is 12.5 Å². The Hall–Kier alpha value is -2.28.